The first kappa shape index (κ1) is 29.3. The molecule has 0 atom stereocenters. The molecular weight excluding hydrogens is 467 g/mol. The quantitative estimate of drug-likeness (QED) is 0.184. The molecule has 2 rings (SSSR count). The van der Waals surface area contributed by atoms with Gasteiger partial charge in [0.15, 0.2) is 0 Å². The number of aliphatic carboxylic acids is 1. The number of carbonyl (C=O) groups excluding carboxylic acids is 1. The number of carboxylic acid groups (broad SMARTS) is 1. The van der Waals surface area contributed by atoms with E-state index in [9.17, 15) is 28.4 Å². The fraction of sp³-hybridized carbons (Fsp3) is 0.360. The summed E-state index contributed by atoms with van der Waals surface area (Å²) >= 11 is 0. The summed E-state index contributed by atoms with van der Waals surface area (Å²) in [7, 11) is 0. The number of rotatable bonds is 4. The van der Waals surface area contributed by atoms with Crippen LogP contribution >= 0.6 is 0 Å². The van der Waals surface area contributed by atoms with Crippen molar-refractivity contribution in [3.05, 3.63) is 81.3 Å². The standard InChI is InChI=1S/C23H27NO4.C2HF3O2/c1-22(2,3)20-14-16(15-21(28-20)23(4,5)6)8-7-9-19(25)17-10-12-18(13-11-17)24(26)27;3-2(4,5)1(6)7/h7-15H,1-6H3;(H,6,7)/b8-7+,19-9+;. The van der Waals surface area contributed by atoms with Crippen LogP contribution in [0, 0.1) is 10.1 Å². The molecule has 7 nitrogen and oxygen atoms in total. The smallest absolute Gasteiger partial charge is 0.430 e. The summed E-state index contributed by atoms with van der Waals surface area (Å²) in [5.41, 5.74) is 1.24. The number of alkyl halides is 3. The second-order valence-corrected chi connectivity index (χ2v) is 9.62. The molecule has 190 valence electrons. The molecule has 0 aliphatic rings. The predicted molar refractivity (Wildman–Crippen MR) is 124 cm³/mol. The van der Waals surface area contributed by atoms with E-state index >= 15 is 0 Å². The highest BCUT2D eigenvalue weighted by Gasteiger charge is 2.33. The third-order valence-corrected chi connectivity index (χ3v) is 4.44. The summed E-state index contributed by atoms with van der Waals surface area (Å²) in [4.78, 5) is 19.0. The van der Waals surface area contributed by atoms with Gasteiger partial charge in [0, 0.05) is 29.8 Å². The Labute approximate surface area is 201 Å². The van der Waals surface area contributed by atoms with Gasteiger partial charge in [-0.05, 0) is 65.3 Å². The van der Waals surface area contributed by atoms with E-state index in [2.05, 4.69) is 41.5 Å². The van der Waals surface area contributed by atoms with Crippen molar-refractivity contribution in [2.75, 3.05) is 0 Å². The van der Waals surface area contributed by atoms with Crippen LogP contribution in [0.15, 0.2) is 53.0 Å². The number of carboxylic acids is 1. The van der Waals surface area contributed by atoms with Crippen LogP contribution in [-0.4, -0.2) is 22.2 Å². The van der Waals surface area contributed by atoms with Gasteiger partial charge < -0.3 is 15.0 Å². The Morgan fingerprint density at radius 3 is 1.74 bits per heavy atom. The molecule has 1 heterocycles. The zero-order chi connectivity index (χ0) is 27.2. The second kappa shape index (κ2) is 11.2. The first-order valence-electron chi connectivity index (χ1n) is 10.4. The normalized spacial score (nSPS) is 12.8. The van der Waals surface area contributed by atoms with Crippen molar-refractivity contribution < 1.29 is 37.5 Å². The van der Waals surface area contributed by atoms with Crippen LogP contribution in [0.25, 0.3) is 11.8 Å². The molecule has 0 amide bonds. The van der Waals surface area contributed by atoms with Crippen molar-refractivity contribution in [1.29, 1.82) is 0 Å². The lowest BCUT2D eigenvalue weighted by atomic mass is 9.88. The zero-order valence-electron chi connectivity index (χ0n) is 20.3. The Morgan fingerprint density at radius 2 is 1.40 bits per heavy atom. The predicted octanol–water partition coefficient (Wildman–Crippen LogP) is 5.97. The fourth-order valence-corrected chi connectivity index (χ4v) is 2.46. The number of hydrogen-bond donors (Lipinski definition) is 1. The average Bonchev–Trinajstić information content (AvgIpc) is 2.72. The number of hydrogen-bond acceptors (Lipinski definition) is 5. The fourth-order valence-electron chi connectivity index (χ4n) is 2.46. The molecule has 1 N–H and O–H groups in total. The highest BCUT2D eigenvalue weighted by Crippen LogP contribution is 2.30. The Hall–Kier alpha value is -3.69. The SMILES string of the molecule is CC(C)(C)c1cc(/C=C/C=C(/O)c2ccc([N+](=O)[O-])cc2)cc(C(C)(C)C)[o+]1.O=C([O-])C(F)(F)F. The number of benzene rings is 1. The van der Waals surface area contributed by atoms with E-state index in [-0.39, 0.29) is 22.3 Å². The van der Waals surface area contributed by atoms with Gasteiger partial charge in [0.2, 0.25) is 0 Å². The van der Waals surface area contributed by atoms with Gasteiger partial charge in [-0.25, -0.2) is 4.42 Å². The molecular formula is C25H28F3NO6. The van der Waals surface area contributed by atoms with Crippen molar-refractivity contribution in [3.63, 3.8) is 0 Å². The van der Waals surface area contributed by atoms with Crippen LogP contribution in [0.2, 0.25) is 0 Å². The minimum atomic E-state index is -5.19. The van der Waals surface area contributed by atoms with Gasteiger partial charge in [-0.3, -0.25) is 10.1 Å². The van der Waals surface area contributed by atoms with E-state index in [0.29, 0.717) is 5.56 Å². The number of nitro groups is 1. The molecule has 0 fully saturated rings. The summed E-state index contributed by atoms with van der Waals surface area (Å²) in [6.45, 7) is 12.6. The average molecular weight is 495 g/mol. The molecule has 1 aromatic carbocycles. The monoisotopic (exact) mass is 495 g/mol. The number of nitro benzene ring substituents is 1. The number of non-ortho nitro benzene ring substituents is 1. The van der Waals surface area contributed by atoms with Crippen molar-refractivity contribution in [1.82, 2.24) is 0 Å². The third kappa shape index (κ3) is 9.60. The molecule has 0 spiro atoms. The molecule has 0 radical (unpaired) electrons. The molecule has 0 saturated heterocycles. The minimum Gasteiger partial charge on any atom is -0.542 e. The van der Waals surface area contributed by atoms with Crippen molar-refractivity contribution in [2.45, 2.75) is 58.5 Å². The van der Waals surface area contributed by atoms with Gasteiger partial charge in [-0.1, -0.05) is 12.2 Å². The van der Waals surface area contributed by atoms with Crippen LogP contribution in [0.5, 0.6) is 0 Å². The van der Waals surface area contributed by atoms with E-state index in [1.165, 1.54) is 24.3 Å². The van der Waals surface area contributed by atoms with Crippen molar-refractivity contribution >= 4 is 23.5 Å². The van der Waals surface area contributed by atoms with Crippen LogP contribution in [-0.2, 0) is 15.6 Å². The summed E-state index contributed by atoms with van der Waals surface area (Å²) in [6, 6.07) is 9.79. The van der Waals surface area contributed by atoms with Crippen molar-refractivity contribution in [2.24, 2.45) is 0 Å². The van der Waals surface area contributed by atoms with Crippen LogP contribution in [0.4, 0.5) is 18.9 Å². The van der Waals surface area contributed by atoms with Gasteiger partial charge >= 0.3 is 17.7 Å². The van der Waals surface area contributed by atoms with E-state index in [4.69, 9.17) is 14.3 Å². The van der Waals surface area contributed by atoms with Gasteiger partial charge in [0.25, 0.3) is 5.69 Å². The van der Waals surface area contributed by atoms with Crippen LogP contribution in [0.3, 0.4) is 0 Å². The number of nitrogens with zero attached hydrogens (tertiary/aromatic N) is 1. The second-order valence-electron chi connectivity index (χ2n) is 9.62. The first-order valence-corrected chi connectivity index (χ1v) is 10.4. The molecule has 0 aliphatic heterocycles. The van der Waals surface area contributed by atoms with Crippen molar-refractivity contribution in [3.8, 4) is 0 Å². The van der Waals surface area contributed by atoms with Crippen LogP contribution in [0.1, 0.15) is 64.2 Å². The number of aliphatic hydroxyl groups excluding tert-OH is 1. The molecule has 10 heteroatoms. The summed E-state index contributed by atoms with van der Waals surface area (Å²) < 4.78 is 37.7. The minimum absolute atomic E-state index is 0.00968. The largest absolute Gasteiger partial charge is 0.542 e. The molecule has 0 saturated carbocycles. The Kier molecular flexibility index (Phi) is 9.35. The topological polar surface area (TPSA) is 115 Å². The summed E-state index contributed by atoms with van der Waals surface area (Å²) in [5.74, 6) is -1.18. The zero-order valence-corrected chi connectivity index (χ0v) is 20.3. The molecule has 2 aromatic rings. The first-order chi connectivity index (χ1) is 15.8. The van der Waals surface area contributed by atoms with Gasteiger partial charge in [-0.2, -0.15) is 13.2 Å². The van der Waals surface area contributed by atoms with Gasteiger partial charge in [0.1, 0.15) is 11.7 Å². The maximum Gasteiger partial charge on any atom is 0.430 e. The lowest BCUT2D eigenvalue weighted by Crippen LogP contribution is -2.37. The van der Waals surface area contributed by atoms with E-state index in [1.807, 2.05) is 18.2 Å². The van der Waals surface area contributed by atoms with E-state index in [1.54, 1.807) is 12.2 Å². The lowest BCUT2D eigenvalue weighted by molar-refractivity contribution is -0.384. The summed E-state index contributed by atoms with van der Waals surface area (Å²) in [5, 5.41) is 29.7. The van der Waals surface area contributed by atoms with E-state index < -0.39 is 17.1 Å². The number of allylic oxidation sites excluding steroid dienone is 2. The molecule has 0 aliphatic carbocycles. The molecule has 0 bridgehead atoms. The number of carbonyl (C=O) groups is 1. The lowest BCUT2D eigenvalue weighted by Gasteiger charge is -2.14. The Bertz CT molecular complexity index is 1070. The maximum atomic E-state index is 10.7. The molecule has 0 unspecified atom stereocenters. The molecule has 1 aromatic heterocycles. The van der Waals surface area contributed by atoms with Gasteiger partial charge in [-0.15, -0.1) is 0 Å². The highest BCUT2D eigenvalue weighted by atomic mass is 19.4. The molecule has 35 heavy (non-hydrogen) atoms. The highest BCUT2D eigenvalue weighted by molar-refractivity contribution is 5.70. The third-order valence-electron chi connectivity index (χ3n) is 4.44. The van der Waals surface area contributed by atoms with Crippen LogP contribution < -0.4 is 5.11 Å². The van der Waals surface area contributed by atoms with E-state index in [0.717, 1.165) is 17.1 Å². The number of aliphatic hydroxyl groups is 1. The number of halogens is 3. The van der Waals surface area contributed by atoms with Gasteiger partial charge in [0.05, 0.1) is 15.8 Å². The Morgan fingerprint density at radius 1 is 0.971 bits per heavy atom. The maximum absolute atomic E-state index is 10.7. The summed E-state index contributed by atoms with van der Waals surface area (Å²) in [6.07, 6.45) is 0.0331. The Balaban J connectivity index is 0.000000762.